The smallest absolute Gasteiger partial charge is 0.408 e. The number of nitrogens with one attached hydrogen (secondary N) is 1. The molecule has 0 radical (unpaired) electrons. The number of nitrogens with zero attached hydrogens (tertiary/aromatic N) is 1. The molecule has 0 aliphatic carbocycles. The number of carbonyl (C=O) groups excluding carboxylic acids is 2. The summed E-state index contributed by atoms with van der Waals surface area (Å²) >= 11 is 0. The van der Waals surface area contributed by atoms with Gasteiger partial charge in [0.15, 0.2) is 5.58 Å². The number of alkyl carbamates (subject to hydrolysis) is 1. The summed E-state index contributed by atoms with van der Waals surface area (Å²) in [6.45, 7) is 7.36. The van der Waals surface area contributed by atoms with E-state index in [1.807, 2.05) is 58.0 Å². The Hall–Kier alpha value is -3.35. The third-order valence-corrected chi connectivity index (χ3v) is 4.55. The zero-order valence-corrected chi connectivity index (χ0v) is 17.8. The molecule has 30 heavy (non-hydrogen) atoms. The molecule has 0 saturated heterocycles. The minimum absolute atomic E-state index is 0.297. The summed E-state index contributed by atoms with van der Waals surface area (Å²) in [4.78, 5) is 28.8. The van der Waals surface area contributed by atoms with Gasteiger partial charge in [0, 0.05) is 0 Å². The molecule has 1 heterocycles. The molecule has 0 fully saturated rings. The Morgan fingerprint density at radius 1 is 1.10 bits per heavy atom. The average Bonchev–Trinajstić information content (AvgIpc) is 3.13. The van der Waals surface area contributed by atoms with E-state index in [4.69, 9.17) is 13.9 Å². The van der Waals surface area contributed by atoms with Crippen LogP contribution in [0.3, 0.4) is 0 Å². The van der Waals surface area contributed by atoms with Crippen molar-refractivity contribution >= 4 is 23.2 Å². The lowest BCUT2D eigenvalue weighted by Gasteiger charge is -2.26. The second kappa shape index (κ2) is 8.57. The first-order valence-corrected chi connectivity index (χ1v) is 9.71. The molecule has 1 N–H and O–H groups in total. The highest BCUT2D eigenvalue weighted by Crippen LogP contribution is 2.32. The fraction of sp³-hybridized carbons (Fsp3) is 0.348. The molecule has 0 bridgehead atoms. The number of ether oxygens (including phenoxy) is 2. The summed E-state index contributed by atoms with van der Waals surface area (Å²) in [5.41, 5.74) is 1.76. The Bertz CT molecular complexity index is 1040. The number of fused-ring (bicyclic) bond motifs is 1. The highest BCUT2D eigenvalue weighted by Gasteiger charge is 2.29. The molecule has 2 atom stereocenters. The molecule has 158 valence electrons. The fourth-order valence-electron chi connectivity index (χ4n) is 3.12. The van der Waals surface area contributed by atoms with E-state index < -0.39 is 23.7 Å². The van der Waals surface area contributed by atoms with Crippen LogP contribution in [0.5, 0.6) is 0 Å². The Balaban J connectivity index is 1.93. The van der Waals surface area contributed by atoms with Crippen molar-refractivity contribution in [3.63, 3.8) is 0 Å². The number of esters is 1. The summed E-state index contributed by atoms with van der Waals surface area (Å²) in [6.07, 6.45) is -0.521. The Kier molecular flexibility index (Phi) is 6.10. The number of methoxy groups -OCH3 is 1. The minimum Gasteiger partial charge on any atom is -0.465 e. The van der Waals surface area contributed by atoms with Crippen LogP contribution in [0.1, 0.15) is 61.5 Å². The van der Waals surface area contributed by atoms with Gasteiger partial charge in [-0.25, -0.2) is 14.6 Å². The van der Waals surface area contributed by atoms with Gasteiger partial charge in [0.2, 0.25) is 5.89 Å². The molecule has 0 saturated carbocycles. The molecule has 1 amide bonds. The number of hydrogen-bond donors (Lipinski definition) is 1. The van der Waals surface area contributed by atoms with Gasteiger partial charge in [0.05, 0.1) is 24.6 Å². The molecule has 7 heteroatoms. The van der Waals surface area contributed by atoms with Gasteiger partial charge in [0.1, 0.15) is 11.1 Å². The lowest BCUT2D eigenvalue weighted by atomic mass is 9.94. The molecular formula is C23H26N2O5. The third-order valence-electron chi connectivity index (χ3n) is 4.55. The van der Waals surface area contributed by atoms with Gasteiger partial charge in [-0.15, -0.1) is 0 Å². The van der Waals surface area contributed by atoms with Crippen molar-refractivity contribution < 1.29 is 23.5 Å². The summed E-state index contributed by atoms with van der Waals surface area (Å²) in [6, 6.07) is 14.1. The number of amides is 1. The average molecular weight is 410 g/mol. The monoisotopic (exact) mass is 410 g/mol. The highest BCUT2D eigenvalue weighted by molar-refractivity contribution is 5.93. The molecule has 3 aromatic rings. The molecule has 7 nitrogen and oxygen atoms in total. The number of rotatable bonds is 5. The quantitative estimate of drug-likeness (QED) is 0.596. The third kappa shape index (κ3) is 4.97. The topological polar surface area (TPSA) is 90.7 Å². The van der Waals surface area contributed by atoms with Gasteiger partial charge in [-0.1, -0.05) is 37.3 Å². The van der Waals surface area contributed by atoms with E-state index in [1.165, 1.54) is 7.11 Å². The first kappa shape index (κ1) is 21.4. The van der Waals surface area contributed by atoms with E-state index in [-0.39, 0.29) is 5.92 Å². The van der Waals surface area contributed by atoms with Crippen molar-refractivity contribution in [1.82, 2.24) is 10.3 Å². The standard InChI is InChI=1S/C23H26N2O5/c1-14(20-24-17-12-11-16(21(26)28-5)13-18(17)29-20)19(15-9-7-6-8-10-15)25-22(27)30-23(2,3)4/h6-14,19H,1-5H3,(H,25,27)/t14-,19+/m0/s1. The van der Waals surface area contributed by atoms with Crippen LogP contribution in [0.4, 0.5) is 4.79 Å². The maximum atomic E-state index is 12.5. The fourth-order valence-corrected chi connectivity index (χ4v) is 3.12. The van der Waals surface area contributed by atoms with E-state index in [2.05, 4.69) is 10.3 Å². The highest BCUT2D eigenvalue weighted by atomic mass is 16.6. The Labute approximate surface area is 175 Å². The van der Waals surface area contributed by atoms with Crippen LogP contribution in [0.25, 0.3) is 11.1 Å². The first-order valence-electron chi connectivity index (χ1n) is 9.71. The minimum atomic E-state index is -0.615. The molecule has 1 aromatic heterocycles. The van der Waals surface area contributed by atoms with Crippen LogP contribution in [-0.4, -0.2) is 29.8 Å². The molecule has 0 unspecified atom stereocenters. The zero-order chi connectivity index (χ0) is 21.9. The van der Waals surface area contributed by atoms with Crippen molar-refractivity contribution in [2.24, 2.45) is 0 Å². The maximum absolute atomic E-state index is 12.5. The molecule has 0 aliphatic heterocycles. The van der Waals surface area contributed by atoms with Gasteiger partial charge >= 0.3 is 12.1 Å². The first-order chi connectivity index (χ1) is 14.2. The van der Waals surface area contributed by atoms with E-state index in [0.29, 0.717) is 22.6 Å². The van der Waals surface area contributed by atoms with Gasteiger partial charge < -0.3 is 19.2 Å². The van der Waals surface area contributed by atoms with Crippen LogP contribution in [-0.2, 0) is 9.47 Å². The van der Waals surface area contributed by atoms with Crippen LogP contribution in [0, 0.1) is 0 Å². The van der Waals surface area contributed by atoms with E-state index in [1.54, 1.807) is 18.2 Å². The van der Waals surface area contributed by atoms with Crippen LogP contribution < -0.4 is 5.32 Å². The molecular weight excluding hydrogens is 384 g/mol. The lowest BCUT2D eigenvalue weighted by molar-refractivity contribution is 0.0493. The Morgan fingerprint density at radius 3 is 2.43 bits per heavy atom. The summed E-state index contributed by atoms with van der Waals surface area (Å²) in [7, 11) is 1.33. The number of benzene rings is 2. The van der Waals surface area contributed by atoms with Crippen molar-refractivity contribution in [3.8, 4) is 0 Å². The number of aromatic nitrogens is 1. The Morgan fingerprint density at radius 2 is 1.80 bits per heavy atom. The molecule has 0 aliphatic rings. The van der Waals surface area contributed by atoms with Crippen LogP contribution >= 0.6 is 0 Å². The SMILES string of the molecule is COC(=O)c1ccc2nc([C@@H](C)[C@@H](NC(=O)OC(C)(C)C)c3ccccc3)oc2c1. The molecule has 3 rings (SSSR count). The van der Waals surface area contributed by atoms with E-state index in [9.17, 15) is 9.59 Å². The van der Waals surface area contributed by atoms with Crippen LogP contribution in [0.2, 0.25) is 0 Å². The van der Waals surface area contributed by atoms with Crippen LogP contribution in [0.15, 0.2) is 52.9 Å². The maximum Gasteiger partial charge on any atom is 0.408 e. The molecule has 2 aromatic carbocycles. The number of carbonyl (C=O) groups is 2. The predicted molar refractivity (Wildman–Crippen MR) is 112 cm³/mol. The van der Waals surface area contributed by atoms with E-state index >= 15 is 0 Å². The van der Waals surface area contributed by atoms with Gasteiger partial charge in [0.25, 0.3) is 0 Å². The summed E-state index contributed by atoms with van der Waals surface area (Å²) in [5.74, 6) is -0.303. The summed E-state index contributed by atoms with van der Waals surface area (Å²) < 4.78 is 16.1. The second-order valence-corrected chi connectivity index (χ2v) is 8.05. The van der Waals surface area contributed by atoms with Crippen molar-refractivity contribution in [2.45, 2.75) is 45.3 Å². The van der Waals surface area contributed by atoms with E-state index in [0.717, 1.165) is 5.56 Å². The zero-order valence-electron chi connectivity index (χ0n) is 17.8. The summed E-state index contributed by atoms with van der Waals surface area (Å²) in [5, 5.41) is 2.94. The van der Waals surface area contributed by atoms with Gasteiger partial charge in [-0.3, -0.25) is 0 Å². The van der Waals surface area contributed by atoms with Crippen molar-refractivity contribution in [3.05, 3.63) is 65.5 Å². The van der Waals surface area contributed by atoms with Crippen molar-refractivity contribution in [2.75, 3.05) is 7.11 Å². The largest absolute Gasteiger partial charge is 0.465 e. The number of oxazole rings is 1. The van der Waals surface area contributed by atoms with Crippen molar-refractivity contribution in [1.29, 1.82) is 0 Å². The van der Waals surface area contributed by atoms with Gasteiger partial charge in [-0.2, -0.15) is 0 Å². The lowest BCUT2D eigenvalue weighted by Crippen LogP contribution is -2.36. The predicted octanol–water partition coefficient (Wildman–Crippen LogP) is 4.98. The second-order valence-electron chi connectivity index (χ2n) is 8.05. The molecule has 0 spiro atoms. The number of hydrogen-bond acceptors (Lipinski definition) is 6. The van der Waals surface area contributed by atoms with Gasteiger partial charge in [-0.05, 0) is 44.5 Å². The normalized spacial score (nSPS) is 13.5.